The summed E-state index contributed by atoms with van der Waals surface area (Å²) in [7, 11) is 1.28. The van der Waals surface area contributed by atoms with E-state index in [9.17, 15) is 30.2 Å². The van der Waals surface area contributed by atoms with Crippen LogP contribution in [-0.4, -0.2) is 37.0 Å². The van der Waals surface area contributed by atoms with Crippen molar-refractivity contribution in [1.82, 2.24) is 0 Å². The van der Waals surface area contributed by atoms with E-state index in [0.717, 1.165) is 12.1 Å². The van der Waals surface area contributed by atoms with Crippen molar-refractivity contribution in [3.05, 3.63) is 51.6 Å². The first-order valence-electron chi connectivity index (χ1n) is 9.51. The lowest BCUT2D eigenvalue weighted by Gasteiger charge is -2.22. The van der Waals surface area contributed by atoms with Crippen LogP contribution >= 0.6 is 0 Å². The highest BCUT2D eigenvalue weighted by atomic mass is 16.6. The van der Waals surface area contributed by atoms with Gasteiger partial charge >= 0.3 is 5.97 Å². The summed E-state index contributed by atoms with van der Waals surface area (Å²) in [6.45, 7) is 3.62. The first kappa shape index (κ1) is 24.4. The number of nitrogens with zero attached hydrogens (tertiary/aromatic N) is 6. The van der Waals surface area contributed by atoms with Crippen LogP contribution in [0, 0.1) is 32.8 Å². The molecule has 2 aromatic carbocycles. The van der Waals surface area contributed by atoms with Crippen molar-refractivity contribution < 1.29 is 19.2 Å². The minimum Gasteiger partial charge on any atom is -0.468 e. The highest BCUT2D eigenvalue weighted by Crippen LogP contribution is 2.34. The number of nitrogens with one attached hydrogen (secondary N) is 1. The molecule has 0 aliphatic rings. The Morgan fingerprint density at radius 2 is 1.82 bits per heavy atom. The van der Waals surface area contributed by atoms with Crippen LogP contribution in [-0.2, 0) is 14.3 Å². The molecular weight excluding hydrogens is 430 g/mol. The summed E-state index contributed by atoms with van der Waals surface area (Å²) >= 11 is 0. The molecule has 1 N–H and O–H groups in total. The van der Waals surface area contributed by atoms with Crippen LogP contribution in [0.5, 0.6) is 0 Å². The fraction of sp³-hybridized carbons (Fsp3) is 0.238. The molecule has 0 aliphatic carbocycles. The second kappa shape index (κ2) is 11.0. The summed E-state index contributed by atoms with van der Waals surface area (Å²) < 4.78 is 4.70. The second-order valence-electron chi connectivity index (χ2n) is 6.54. The number of hydrogen-bond donors (Lipinski definition) is 1. The Labute approximate surface area is 188 Å². The standard InChI is InChI=1S/C21H19N7O5/c1-4-27(12-20(30)33-3)16-5-6-18(19(9-16)24-13(2)29)25-26-21-14(10-22)7-17(28(31)32)8-15(21)11-23/h5-9H,4,12H2,1-3H3,(H,24,29)/b26-25+. The maximum Gasteiger partial charge on any atom is 0.325 e. The molecule has 0 heterocycles. The number of esters is 1. The fourth-order valence-corrected chi connectivity index (χ4v) is 2.81. The third-order valence-electron chi connectivity index (χ3n) is 4.39. The van der Waals surface area contributed by atoms with Gasteiger partial charge in [0.25, 0.3) is 5.69 Å². The van der Waals surface area contributed by atoms with Gasteiger partial charge in [-0.25, -0.2) is 0 Å². The molecule has 0 radical (unpaired) electrons. The number of non-ortho nitro benzene ring substituents is 1. The zero-order chi connectivity index (χ0) is 24.5. The van der Waals surface area contributed by atoms with Crippen molar-refractivity contribution >= 4 is 40.3 Å². The number of carbonyl (C=O) groups is 2. The predicted octanol–water partition coefficient (Wildman–Crippen LogP) is 3.71. The monoisotopic (exact) mass is 449 g/mol. The van der Waals surface area contributed by atoms with Crippen LogP contribution in [0.25, 0.3) is 0 Å². The van der Waals surface area contributed by atoms with Crippen molar-refractivity contribution in [2.45, 2.75) is 13.8 Å². The molecule has 0 fully saturated rings. The van der Waals surface area contributed by atoms with Gasteiger partial charge in [-0.2, -0.15) is 10.5 Å². The number of benzene rings is 2. The lowest BCUT2D eigenvalue weighted by molar-refractivity contribution is -0.384. The summed E-state index contributed by atoms with van der Waals surface area (Å²) in [6, 6.07) is 10.3. The topological polar surface area (TPSA) is 174 Å². The summed E-state index contributed by atoms with van der Waals surface area (Å²) in [5.74, 6) is -0.821. The lowest BCUT2D eigenvalue weighted by Crippen LogP contribution is -2.30. The normalized spacial score (nSPS) is 10.2. The van der Waals surface area contributed by atoms with Gasteiger partial charge in [-0.15, -0.1) is 10.2 Å². The average molecular weight is 449 g/mol. The molecular formula is C21H19N7O5. The Morgan fingerprint density at radius 1 is 1.18 bits per heavy atom. The van der Waals surface area contributed by atoms with Crippen molar-refractivity contribution in [3.8, 4) is 12.1 Å². The zero-order valence-electron chi connectivity index (χ0n) is 18.0. The molecule has 0 aromatic heterocycles. The van der Waals surface area contributed by atoms with Crippen molar-refractivity contribution in [1.29, 1.82) is 10.5 Å². The van der Waals surface area contributed by atoms with Crippen molar-refractivity contribution in [3.63, 3.8) is 0 Å². The Bertz CT molecular complexity index is 1180. The molecule has 0 unspecified atom stereocenters. The molecule has 12 nitrogen and oxygen atoms in total. The molecule has 0 aliphatic heterocycles. The van der Waals surface area contributed by atoms with Gasteiger partial charge < -0.3 is 15.0 Å². The van der Waals surface area contributed by atoms with Gasteiger partial charge in [-0.05, 0) is 25.1 Å². The van der Waals surface area contributed by atoms with E-state index >= 15 is 0 Å². The molecule has 33 heavy (non-hydrogen) atoms. The molecule has 12 heteroatoms. The molecule has 0 saturated carbocycles. The maximum atomic E-state index is 11.7. The number of hydrogen-bond acceptors (Lipinski definition) is 10. The Morgan fingerprint density at radius 3 is 2.30 bits per heavy atom. The number of methoxy groups -OCH3 is 1. The lowest BCUT2D eigenvalue weighted by atomic mass is 10.1. The molecule has 0 saturated heterocycles. The molecule has 1 amide bonds. The van der Waals surface area contributed by atoms with E-state index < -0.39 is 16.6 Å². The maximum absolute atomic E-state index is 11.7. The van der Waals surface area contributed by atoms with Crippen LogP contribution < -0.4 is 10.2 Å². The number of amides is 1. The van der Waals surface area contributed by atoms with Crippen LogP contribution in [0.2, 0.25) is 0 Å². The smallest absolute Gasteiger partial charge is 0.325 e. The van der Waals surface area contributed by atoms with E-state index in [1.165, 1.54) is 20.1 Å². The predicted molar refractivity (Wildman–Crippen MR) is 117 cm³/mol. The zero-order valence-corrected chi connectivity index (χ0v) is 18.0. The van der Waals surface area contributed by atoms with E-state index in [4.69, 9.17) is 4.74 Å². The van der Waals surface area contributed by atoms with Gasteiger partial charge in [0.2, 0.25) is 5.91 Å². The summed E-state index contributed by atoms with van der Waals surface area (Å²) in [6.07, 6.45) is 0. The molecule has 2 aromatic rings. The number of carbonyl (C=O) groups excluding carboxylic acids is 2. The van der Waals surface area contributed by atoms with Gasteiger partial charge in [0.1, 0.15) is 30.1 Å². The summed E-state index contributed by atoms with van der Waals surface area (Å²) in [5.41, 5.74) is 0.131. The van der Waals surface area contributed by atoms with Gasteiger partial charge in [-0.1, -0.05) is 0 Å². The third kappa shape index (κ3) is 6.08. The van der Waals surface area contributed by atoms with Crippen LogP contribution in [0.3, 0.4) is 0 Å². The second-order valence-corrected chi connectivity index (χ2v) is 6.54. The molecule has 168 valence electrons. The highest BCUT2D eigenvalue weighted by molar-refractivity contribution is 5.93. The summed E-state index contributed by atoms with van der Waals surface area (Å²) in [5, 5.41) is 40.4. The van der Waals surface area contributed by atoms with Crippen LogP contribution in [0.4, 0.5) is 28.4 Å². The number of nitriles is 2. The number of nitro groups is 1. The largest absolute Gasteiger partial charge is 0.468 e. The number of azo groups is 1. The quantitative estimate of drug-likeness (QED) is 0.274. The first-order valence-corrected chi connectivity index (χ1v) is 9.51. The van der Waals surface area contributed by atoms with Gasteiger partial charge in [-0.3, -0.25) is 19.7 Å². The summed E-state index contributed by atoms with van der Waals surface area (Å²) in [4.78, 5) is 35.4. The van der Waals surface area contributed by atoms with Crippen molar-refractivity contribution in [2.75, 3.05) is 30.4 Å². The molecule has 0 spiro atoms. The number of anilines is 2. The van der Waals surface area contributed by atoms with E-state index in [0.29, 0.717) is 12.2 Å². The number of rotatable bonds is 8. The van der Waals surface area contributed by atoms with Crippen LogP contribution in [0.15, 0.2) is 40.6 Å². The fourth-order valence-electron chi connectivity index (χ4n) is 2.81. The number of ether oxygens (including phenoxy) is 1. The molecule has 0 atom stereocenters. The Kier molecular flexibility index (Phi) is 8.12. The number of nitro benzene ring substituents is 1. The third-order valence-corrected chi connectivity index (χ3v) is 4.39. The Hall–Kier alpha value is -4.84. The van der Waals surface area contributed by atoms with Gasteiger partial charge in [0.15, 0.2) is 0 Å². The first-order chi connectivity index (χ1) is 15.7. The van der Waals surface area contributed by atoms with E-state index in [1.807, 2.05) is 6.92 Å². The van der Waals surface area contributed by atoms with E-state index in [1.54, 1.807) is 29.2 Å². The van der Waals surface area contributed by atoms with Gasteiger partial charge in [0.05, 0.1) is 28.8 Å². The minimum atomic E-state index is -0.718. The SMILES string of the molecule is CCN(CC(=O)OC)c1ccc(/N=N/c2c(C#N)cc([N+](=O)[O-])cc2C#N)c(NC(C)=O)c1. The molecule has 0 bridgehead atoms. The average Bonchev–Trinajstić information content (AvgIpc) is 2.80. The number of likely N-dealkylation sites (N-methyl/N-ethyl adjacent to an activating group) is 1. The molecule has 2 rings (SSSR count). The van der Waals surface area contributed by atoms with Crippen LogP contribution in [0.1, 0.15) is 25.0 Å². The Balaban J connectivity index is 2.54. The van der Waals surface area contributed by atoms with E-state index in [-0.39, 0.29) is 40.6 Å². The van der Waals surface area contributed by atoms with Crippen molar-refractivity contribution in [2.24, 2.45) is 10.2 Å². The van der Waals surface area contributed by atoms with Gasteiger partial charge in [0, 0.05) is 31.3 Å². The minimum absolute atomic E-state index is 0.00672. The highest BCUT2D eigenvalue weighted by Gasteiger charge is 2.18. The van der Waals surface area contributed by atoms with E-state index in [2.05, 4.69) is 15.5 Å².